The van der Waals surface area contributed by atoms with Crippen molar-refractivity contribution in [1.82, 2.24) is 9.80 Å². The summed E-state index contributed by atoms with van der Waals surface area (Å²) in [5, 5.41) is 0. The topological polar surface area (TPSA) is 66.6 Å². The summed E-state index contributed by atoms with van der Waals surface area (Å²) < 4.78 is 40.4. The molecule has 0 aliphatic carbocycles. The third kappa shape index (κ3) is 4.50. The molecule has 170 valence electrons. The lowest BCUT2D eigenvalue weighted by molar-refractivity contribution is -0.132. The standard InChI is InChI=1S/C24H26F3N3O2/c1-14-3-2-4-15(7-14)24(32)29-12-16-5-6-30(22(16)13-29)23(31)10-18(28)8-17-9-20(26)21(27)11-19(17)25/h2-4,7,9,11,16,18,22H,5-6,8,10,12-13,28H2,1H3/t16-,18+,22?/m0/s1. The number of carbonyl (C=O) groups is 2. The van der Waals surface area contributed by atoms with Crippen LogP contribution in [0, 0.1) is 30.3 Å². The molecule has 0 spiro atoms. The predicted octanol–water partition coefficient (Wildman–Crippen LogP) is 3.05. The van der Waals surface area contributed by atoms with Crippen LogP contribution in [0.25, 0.3) is 0 Å². The van der Waals surface area contributed by atoms with E-state index in [1.54, 1.807) is 15.9 Å². The summed E-state index contributed by atoms with van der Waals surface area (Å²) in [6.07, 6.45) is 0.698. The fourth-order valence-electron chi connectivity index (χ4n) is 4.81. The molecule has 3 atom stereocenters. The van der Waals surface area contributed by atoms with E-state index in [4.69, 9.17) is 5.73 Å². The first-order chi connectivity index (χ1) is 15.2. The maximum Gasteiger partial charge on any atom is 0.253 e. The molecule has 8 heteroatoms. The lowest BCUT2D eigenvalue weighted by Crippen LogP contribution is -2.43. The van der Waals surface area contributed by atoms with Crippen molar-refractivity contribution in [2.75, 3.05) is 19.6 Å². The molecule has 32 heavy (non-hydrogen) atoms. The van der Waals surface area contributed by atoms with E-state index in [0.717, 1.165) is 18.1 Å². The number of carbonyl (C=O) groups excluding carboxylic acids is 2. The molecular formula is C24H26F3N3O2. The molecule has 0 bridgehead atoms. The highest BCUT2D eigenvalue weighted by Gasteiger charge is 2.44. The van der Waals surface area contributed by atoms with Gasteiger partial charge in [-0.2, -0.15) is 0 Å². The van der Waals surface area contributed by atoms with Crippen LogP contribution >= 0.6 is 0 Å². The molecule has 2 aliphatic rings. The van der Waals surface area contributed by atoms with Crippen molar-refractivity contribution < 1.29 is 22.8 Å². The van der Waals surface area contributed by atoms with Crippen LogP contribution in [0.15, 0.2) is 36.4 Å². The first-order valence-corrected chi connectivity index (χ1v) is 10.8. The van der Waals surface area contributed by atoms with Crippen molar-refractivity contribution in [2.24, 2.45) is 11.7 Å². The van der Waals surface area contributed by atoms with Gasteiger partial charge in [0.1, 0.15) is 5.82 Å². The van der Waals surface area contributed by atoms with Crippen molar-refractivity contribution in [3.8, 4) is 0 Å². The van der Waals surface area contributed by atoms with Crippen LogP contribution in [0.3, 0.4) is 0 Å². The zero-order valence-corrected chi connectivity index (χ0v) is 17.9. The molecule has 2 aromatic carbocycles. The number of halogens is 3. The van der Waals surface area contributed by atoms with E-state index in [2.05, 4.69) is 0 Å². The van der Waals surface area contributed by atoms with E-state index in [9.17, 15) is 22.8 Å². The number of benzene rings is 2. The Morgan fingerprint density at radius 2 is 1.84 bits per heavy atom. The van der Waals surface area contributed by atoms with Gasteiger partial charge < -0.3 is 15.5 Å². The normalized spacial score (nSPS) is 21.0. The molecule has 2 N–H and O–H groups in total. The Labute approximate surface area is 185 Å². The Morgan fingerprint density at radius 1 is 1.09 bits per heavy atom. The molecule has 1 unspecified atom stereocenters. The molecule has 0 aromatic heterocycles. The molecule has 2 aromatic rings. The van der Waals surface area contributed by atoms with Crippen molar-refractivity contribution in [3.63, 3.8) is 0 Å². The summed E-state index contributed by atoms with van der Waals surface area (Å²) in [6, 6.07) is 7.92. The van der Waals surface area contributed by atoms with Crippen LogP contribution in [0.2, 0.25) is 0 Å². The monoisotopic (exact) mass is 445 g/mol. The number of likely N-dealkylation sites (tertiary alicyclic amines) is 2. The predicted molar refractivity (Wildman–Crippen MR) is 113 cm³/mol. The lowest BCUT2D eigenvalue weighted by Gasteiger charge is -2.26. The Morgan fingerprint density at radius 3 is 2.59 bits per heavy atom. The van der Waals surface area contributed by atoms with Gasteiger partial charge in [-0.25, -0.2) is 13.2 Å². The molecule has 0 radical (unpaired) electrons. The van der Waals surface area contributed by atoms with E-state index < -0.39 is 23.5 Å². The van der Waals surface area contributed by atoms with Gasteiger partial charge in [-0.1, -0.05) is 17.7 Å². The van der Waals surface area contributed by atoms with Crippen LogP contribution in [0.4, 0.5) is 13.2 Å². The summed E-state index contributed by atoms with van der Waals surface area (Å²) in [5.74, 6) is -3.28. The number of nitrogens with two attached hydrogens (primary N) is 1. The Kier molecular flexibility index (Phi) is 6.24. The van der Waals surface area contributed by atoms with Gasteiger partial charge in [-0.15, -0.1) is 0 Å². The summed E-state index contributed by atoms with van der Waals surface area (Å²) >= 11 is 0. The first-order valence-electron chi connectivity index (χ1n) is 10.8. The van der Waals surface area contributed by atoms with E-state index in [1.165, 1.54) is 0 Å². The molecule has 0 saturated carbocycles. The van der Waals surface area contributed by atoms with Crippen LogP contribution in [0.1, 0.15) is 34.3 Å². The minimum Gasteiger partial charge on any atom is -0.338 e. The van der Waals surface area contributed by atoms with Crippen LogP contribution in [-0.2, 0) is 11.2 Å². The SMILES string of the molecule is Cc1cccc(C(=O)N2CC3[C@@H](CCN3C(=O)C[C@H](N)Cc3cc(F)c(F)cc3F)C2)c1. The van der Waals surface area contributed by atoms with Gasteiger partial charge in [0, 0.05) is 49.6 Å². The largest absolute Gasteiger partial charge is 0.338 e. The van der Waals surface area contributed by atoms with Crippen LogP contribution in [-0.4, -0.2) is 53.3 Å². The molecule has 2 aliphatic heterocycles. The van der Waals surface area contributed by atoms with Crippen molar-refractivity contribution in [2.45, 2.75) is 38.3 Å². The molecule has 2 heterocycles. The lowest BCUT2D eigenvalue weighted by atomic mass is 10.0. The fourth-order valence-corrected chi connectivity index (χ4v) is 4.81. The molecule has 4 rings (SSSR count). The molecule has 2 amide bonds. The van der Waals surface area contributed by atoms with Crippen molar-refractivity contribution >= 4 is 11.8 Å². The number of hydrogen-bond donors (Lipinski definition) is 1. The third-order valence-corrected chi connectivity index (χ3v) is 6.43. The van der Waals surface area contributed by atoms with E-state index in [-0.39, 0.29) is 42.2 Å². The van der Waals surface area contributed by atoms with Gasteiger partial charge in [0.2, 0.25) is 5.91 Å². The summed E-state index contributed by atoms with van der Waals surface area (Å²) in [5.41, 5.74) is 7.63. The number of rotatable bonds is 5. The summed E-state index contributed by atoms with van der Waals surface area (Å²) in [7, 11) is 0. The van der Waals surface area contributed by atoms with Crippen LogP contribution in [0.5, 0.6) is 0 Å². The van der Waals surface area contributed by atoms with Gasteiger partial charge in [0.05, 0.1) is 6.04 Å². The van der Waals surface area contributed by atoms with Gasteiger partial charge >= 0.3 is 0 Å². The zero-order chi connectivity index (χ0) is 23.0. The third-order valence-electron chi connectivity index (χ3n) is 6.43. The summed E-state index contributed by atoms with van der Waals surface area (Å²) in [6.45, 7) is 3.60. The second-order valence-electron chi connectivity index (χ2n) is 8.81. The number of hydrogen-bond acceptors (Lipinski definition) is 3. The molecule has 2 fully saturated rings. The molecule has 2 saturated heterocycles. The highest BCUT2D eigenvalue weighted by molar-refractivity contribution is 5.94. The van der Waals surface area contributed by atoms with E-state index in [0.29, 0.717) is 31.3 Å². The highest BCUT2D eigenvalue weighted by atomic mass is 19.2. The first kappa shape index (κ1) is 22.3. The zero-order valence-electron chi connectivity index (χ0n) is 17.9. The number of nitrogens with zero attached hydrogens (tertiary/aromatic N) is 2. The second kappa shape index (κ2) is 8.94. The number of fused-ring (bicyclic) bond motifs is 1. The minimum absolute atomic E-state index is 0.0342. The van der Waals surface area contributed by atoms with Gasteiger partial charge in [-0.05, 0) is 43.5 Å². The Balaban J connectivity index is 1.37. The molecular weight excluding hydrogens is 419 g/mol. The van der Waals surface area contributed by atoms with Crippen LogP contribution < -0.4 is 5.73 Å². The van der Waals surface area contributed by atoms with Gasteiger partial charge in [0.15, 0.2) is 11.6 Å². The number of aryl methyl sites for hydroxylation is 1. The second-order valence-corrected chi connectivity index (χ2v) is 8.81. The van der Waals surface area contributed by atoms with Gasteiger partial charge in [0.25, 0.3) is 5.91 Å². The van der Waals surface area contributed by atoms with Gasteiger partial charge in [-0.3, -0.25) is 9.59 Å². The average molecular weight is 445 g/mol. The fraction of sp³-hybridized carbons (Fsp3) is 0.417. The van der Waals surface area contributed by atoms with E-state index in [1.807, 2.05) is 25.1 Å². The van der Waals surface area contributed by atoms with Crippen molar-refractivity contribution in [3.05, 3.63) is 70.5 Å². The quantitative estimate of drug-likeness (QED) is 0.720. The average Bonchev–Trinajstić information content (AvgIpc) is 3.32. The maximum absolute atomic E-state index is 13.9. The smallest absolute Gasteiger partial charge is 0.253 e. The van der Waals surface area contributed by atoms with Crippen molar-refractivity contribution in [1.29, 1.82) is 0 Å². The Bertz CT molecular complexity index is 1050. The maximum atomic E-state index is 13.9. The summed E-state index contributed by atoms with van der Waals surface area (Å²) in [4.78, 5) is 29.3. The minimum atomic E-state index is -1.26. The van der Waals surface area contributed by atoms with E-state index >= 15 is 0 Å². The highest BCUT2D eigenvalue weighted by Crippen LogP contribution is 2.33. The Hall–Kier alpha value is -2.87. The molecule has 5 nitrogen and oxygen atoms in total. The number of amides is 2.